The number of nitrogens with two attached hydrogens (primary N) is 1. The quantitative estimate of drug-likeness (QED) is 0.597. The molecule has 2 N–H and O–H groups in total. The molecule has 0 bridgehead atoms. The smallest absolute Gasteiger partial charge is 0.243 e. The molecule has 9 heteroatoms. The van der Waals surface area contributed by atoms with E-state index in [2.05, 4.69) is 4.98 Å². The summed E-state index contributed by atoms with van der Waals surface area (Å²) in [6.07, 6.45) is 0.323. The number of ketones is 1. The number of nitrogens with zero attached hydrogens (tertiary/aromatic N) is 3. The summed E-state index contributed by atoms with van der Waals surface area (Å²) in [5, 5.41) is 1.71. The highest BCUT2D eigenvalue weighted by Gasteiger charge is 2.42. The zero-order valence-corrected chi connectivity index (χ0v) is 18.5. The van der Waals surface area contributed by atoms with E-state index in [9.17, 15) is 14.4 Å². The van der Waals surface area contributed by atoms with Gasteiger partial charge in [-0.2, -0.15) is 0 Å². The number of thiazole rings is 1. The molecule has 0 spiro atoms. The van der Waals surface area contributed by atoms with Crippen molar-refractivity contribution >= 4 is 34.8 Å². The van der Waals surface area contributed by atoms with Gasteiger partial charge in [-0.3, -0.25) is 24.2 Å². The van der Waals surface area contributed by atoms with Crippen LogP contribution in [0.4, 0.5) is 5.82 Å². The van der Waals surface area contributed by atoms with Gasteiger partial charge in [0.25, 0.3) is 0 Å². The molecule has 1 fully saturated rings. The van der Waals surface area contributed by atoms with Gasteiger partial charge >= 0.3 is 0 Å². The Labute approximate surface area is 186 Å². The molecule has 3 rings (SSSR count). The number of hydrogen-bond donors (Lipinski definition) is 1. The van der Waals surface area contributed by atoms with Crippen molar-refractivity contribution in [2.75, 3.05) is 37.7 Å². The molecule has 0 unspecified atom stereocenters. The van der Waals surface area contributed by atoms with Crippen LogP contribution in [-0.4, -0.2) is 65.9 Å². The number of morpholine rings is 1. The average Bonchev–Trinajstić information content (AvgIpc) is 3.28. The minimum atomic E-state index is -1.32. The van der Waals surface area contributed by atoms with Crippen LogP contribution >= 0.6 is 11.3 Å². The fourth-order valence-corrected chi connectivity index (χ4v) is 4.21. The summed E-state index contributed by atoms with van der Waals surface area (Å²) < 4.78 is 5.30. The number of anilines is 1. The Bertz CT molecular complexity index is 884. The van der Waals surface area contributed by atoms with E-state index < -0.39 is 11.4 Å². The first-order valence-corrected chi connectivity index (χ1v) is 11.2. The first-order chi connectivity index (χ1) is 14.9. The number of Topliss-reactive ketones (excluding diaryl/α,β-unsaturated/α-hetero) is 1. The largest absolute Gasteiger partial charge is 0.379 e. The third-order valence-corrected chi connectivity index (χ3v) is 6.01. The Kier molecular flexibility index (Phi) is 7.89. The number of aromatic nitrogens is 1. The highest BCUT2D eigenvalue weighted by Crippen LogP contribution is 2.29. The number of amides is 2. The van der Waals surface area contributed by atoms with Crippen LogP contribution in [0.1, 0.15) is 25.3 Å². The van der Waals surface area contributed by atoms with Crippen LogP contribution in [-0.2, 0) is 25.5 Å². The summed E-state index contributed by atoms with van der Waals surface area (Å²) in [6.45, 7) is 4.59. The second-order valence-electron chi connectivity index (χ2n) is 7.80. The lowest BCUT2D eigenvalue weighted by Crippen LogP contribution is -2.59. The van der Waals surface area contributed by atoms with Gasteiger partial charge in [0.1, 0.15) is 17.1 Å². The Morgan fingerprint density at radius 3 is 2.52 bits per heavy atom. The Morgan fingerprint density at radius 1 is 1.19 bits per heavy atom. The molecule has 1 aliphatic heterocycles. The maximum Gasteiger partial charge on any atom is 0.243 e. The monoisotopic (exact) mass is 444 g/mol. The first kappa shape index (κ1) is 23.1. The van der Waals surface area contributed by atoms with Crippen molar-refractivity contribution in [3.8, 4) is 0 Å². The second kappa shape index (κ2) is 10.6. The molecule has 1 aromatic carbocycles. The standard InChI is InChI=1S/C22H28N4O4S/c1-22(21(23)29,13-17-5-3-2-4-6-17)26(19-15-31-16-24-19)20(28)8-7-18(27)14-25-9-11-30-12-10-25/h2-6,15-16H,7-14H2,1H3,(H2,23,29)/t22-/m1/s1. The Hall–Kier alpha value is -2.62. The van der Waals surface area contributed by atoms with Crippen molar-refractivity contribution in [1.29, 1.82) is 0 Å². The van der Waals surface area contributed by atoms with E-state index in [0.717, 1.165) is 5.56 Å². The van der Waals surface area contributed by atoms with Gasteiger partial charge in [-0.15, -0.1) is 11.3 Å². The second-order valence-corrected chi connectivity index (χ2v) is 8.52. The van der Waals surface area contributed by atoms with Crippen LogP contribution in [0, 0.1) is 0 Å². The van der Waals surface area contributed by atoms with E-state index in [1.54, 1.807) is 17.8 Å². The van der Waals surface area contributed by atoms with Crippen LogP contribution in [0.3, 0.4) is 0 Å². The van der Waals surface area contributed by atoms with Gasteiger partial charge in [-0.25, -0.2) is 4.98 Å². The van der Waals surface area contributed by atoms with E-state index in [1.165, 1.54) is 16.2 Å². The van der Waals surface area contributed by atoms with Crippen LogP contribution in [0.2, 0.25) is 0 Å². The minimum Gasteiger partial charge on any atom is -0.379 e. The number of primary amides is 1. The normalized spacial score (nSPS) is 16.4. The summed E-state index contributed by atoms with van der Waals surface area (Å²) in [6, 6.07) is 9.40. The van der Waals surface area contributed by atoms with Gasteiger partial charge < -0.3 is 10.5 Å². The van der Waals surface area contributed by atoms with Crippen molar-refractivity contribution < 1.29 is 19.1 Å². The molecule has 1 aromatic heterocycles. The van der Waals surface area contributed by atoms with Gasteiger partial charge in [-0.1, -0.05) is 30.3 Å². The molecule has 1 saturated heterocycles. The molecule has 1 aliphatic rings. The number of rotatable bonds is 10. The number of hydrogen-bond acceptors (Lipinski definition) is 7. The molecule has 2 aromatic rings. The van der Waals surface area contributed by atoms with Crippen LogP contribution < -0.4 is 10.6 Å². The van der Waals surface area contributed by atoms with Gasteiger partial charge in [-0.05, 0) is 12.5 Å². The molecule has 31 heavy (non-hydrogen) atoms. The molecule has 166 valence electrons. The third-order valence-electron chi connectivity index (χ3n) is 5.43. The fraction of sp³-hybridized carbons (Fsp3) is 0.455. The SMILES string of the molecule is C[C@@](Cc1ccccc1)(C(N)=O)N(C(=O)CCC(=O)CN1CCOCC1)c1cscn1. The first-order valence-electron chi connectivity index (χ1n) is 10.3. The van der Waals surface area contributed by atoms with Crippen LogP contribution in [0.25, 0.3) is 0 Å². The Morgan fingerprint density at radius 2 is 1.90 bits per heavy atom. The predicted molar refractivity (Wildman–Crippen MR) is 119 cm³/mol. The summed E-state index contributed by atoms with van der Waals surface area (Å²) >= 11 is 1.32. The summed E-state index contributed by atoms with van der Waals surface area (Å²) in [5.74, 6) is -0.624. The molecule has 0 saturated carbocycles. The molecule has 2 heterocycles. The molecular weight excluding hydrogens is 416 g/mol. The molecule has 0 aliphatic carbocycles. The lowest BCUT2D eigenvalue weighted by atomic mass is 9.89. The van der Waals surface area contributed by atoms with Crippen LogP contribution in [0.5, 0.6) is 0 Å². The molecule has 8 nitrogen and oxygen atoms in total. The number of ether oxygens (including phenoxy) is 1. The maximum absolute atomic E-state index is 13.3. The predicted octanol–water partition coefficient (Wildman–Crippen LogP) is 1.64. The summed E-state index contributed by atoms with van der Waals surface area (Å²) in [7, 11) is 0. The zero-order chi connectivity index (χ0) is 22.3. The van der Waals surface area contributed by atoms with Gasteiger partial charge in [0.2, 0.25) is 11.8 Å². The van der Waals surface area contributed by atoms with E-state index in [0.29, 0.717) is 38.7 Å². The highest BCUT2D eigenvalue weighted by atomic mass is 32.1. The molecule has 1 atom stereocenters. The highest BCUT2D eigenvalue weighted by molar-refractivity contribution is 7.07. The van der Waals surface area contributed by atoms with E-state index in [1.807, 2.05) is 35.2 Å². The molecule has 0 radical (unpaired) electrons. The fourth-order valence-electron chi connectivity index (χ4n) is 3.69. The lowest BCUT2D eigenvalue weighted by molar-refractivity contribution is -0.129. The molecule has 2 amide bonds. The summed E-state index contributed by atoms with van der Waals surface area (Å²) in [4.78, 5) is 45.9. The van der Waals surface area contributed by atoms with E-state index in [4.69, 9.17) is 10.5 Å². The van der Waals surface area contributed by atoms with Gasteiger partial charge in [0, 0.05) is 37.7 Å². The molecular formula is C22H28N4O4S. The average molecular weight is 445 g/mol. The van der Waals surface area contributed by atoms with E-state index >= 15 is 0 Å². The minimum absolute atomic E-state index is 0.0155. The number of benzene rings is 1. The number of carbonyl (C=O) groups is 3. The summed E-state index contributed by atoms with van der Waals surface area (Å²) in [5.41, 5.74) is 6.96. The van der Waals surface area contributed by atoms with Crippen molar-refractivity contribution in [2.24, 2.45) is 5.73 Å². The van der Waals surface area contributed by atoms with Crippen molar-refractivity contribution in [2.45, 2.75) is 31.7 Å². The van der Waals surface area contributed by atoms with Gasteiger partial charge in [0.05, 0.1) is 25.3 Å². The van der Waals surface area contributed by atoms with Crippen molar-refractivity contribution in [1.82, 2.24) is 9.88 Å². The zero-order valence-electron chi connectivity index (χ0n) is 17.7. The maximum atomic E-state index is 13.3. The lowest BCUT2D eigenvalue weighted by Gasteiger charge is -2.38. The van der Waals surface area contributed by atoms with E-state index in [-0.39, 0.29) is 31.0 Å². The topological polar surface area (TPSA) is 106 Å². The van der Waals surface area contributed by atoms with Crippen LogP contribution in [0.15, 0.2) is 41.2 Å². The van der Waals surface area contributed by atoms with Crippen molar-refractivity contribution in [3.63, 3.8) is 0 Å². The van der Waals surface area contributed by atoms with Gasteiger partial charge in [0.15, 0.2) is 0 Å². The number of carbonyl (C=O) groups excluding carboxylic acids is 3. The third kappa shape index (κ3) is 5.96. The van der Waals surface area contributed by atoms with Crippen molar-refractivity contribution in [3.05, 3.63) is 46.8 Å². The Balaban J connectivity index is 1.75.